The highest BCUT2D eigenvalue weighted by atomic mass is 19.1. The van der Waals surface area contributed by atoms with E-state index in [2.05, 4.69) is 0 Å². The number of aromatic nitrogens is 1. The number of benzene rings is 1. The van der Waals surface area contributed by atoms with Crippen molar-refractivity contribution in [1.82, 2.24) is 9.99 Å². The summed E-state index contributed by atoms with van der Waals surface area (Å²) in [6.45, 7) is 0.367. The zero-order chi connectivity index (χ0) is 13.1. The standard InChI is InChI=1S/C12H12FN3O2/c13-8-1-2-10-9(7-8)11(17)3-5-16(10)6-4-12(18)15-14/h1-3,5,7H,4,6,14H2,(H,15,18). The number of hydrogen-bond acceptors (Lipinski definition) is 3. The van der Waals surface area contributed by atoms with Gasteiger partial charge in [0.05, 0.1) is 5.52 Å². The van der Waals surface area contributed by atoms with Crippen LogP contribution in [0.1, 0.15) is 6.42 Å². The van der Waals surface area contributed by atoms with Crippen molar-refractivity contribution >= 4 is 16.8 Å². The molecule has 0 spiro atoms. The molecule has 5 nitrogen and oxygen atoms in total. The highest BCUT2D eigenvalue weighted by molar-refractivity contribution is 5.79. The zero-order valence-electron chi connectivity index (χ0n) is 9.52. The summed E-state index contributed by atoms with van der Waals surface area (Å²) in [5, 5.41) is 0.297. The lowest BCUT2D eigenvalue weighted by Gasteiger charge is -2.09. The molecule has 1 aromatic heterocycles. The van der Waals surface area contributed by atoms with Crippen LogP contribution >= 0.6 is 0 Å². The molecule has 0 saturated heterocycles. The molecule has 0 fully saturated rings. The van der Waals surface area contributed by atoms with Crippen molar-refractivity contribution in [1.29, 1.82) is 0 Å². The minimum atomic E-state index is -0.461. The molecule has 1 amide bonds. The number of nitrogens with zero attached hydrogens (tertiary/aromatic N) is 1. The smallest absolute Gasteiger partial charge is 0.235 e. The van der Waals surface area contributed by atoms with E-state index in [0.29, 0.717) is 17.4 Å². The van der Waals surface area contributed by atoms with Crippen LogP contribution in [0.2, 0.25) is 0 Å². The molecule has 1 aromatic carbocycles. The predicted octanol–water partition coefficient (Wildman–Crippen LogP) is 0.521. The van der Waals surface area contributed by atoms with Gasteiger partial charge in [0.2, 0.25) is 5.91 Å². The number of rotatable bonds is 3. The second kappa shape index (κ2) is 4.97. The Hall–Kier alpha value is -2.21. The maximum absolute atomic E-state index is 13.1. The van der Waals surface area contributed by atoms with Gasteiger partial charge in [-0.2, -0.15) is 0 Å². The monoisotopic (exact) mass is 249 g/mol. The van der Waals surface area contributed by atoms with E-state index < -0.39 is 5.82 Å². The van der Waals surface area contributed by atoms with Gasteiger partial charge in [-0.15, -0.1) is 0 Å². The zero-order valence-corrected chi connectivity index (χ0v) is 9.52. The number of pyridine rings is 1. The lowest BCUT2D eigenvalue weighted by molar-refractivity contribution is -0.121. The van der Waals surface area contributed by atoms with Gasteiger partial charge in [-0.05, 0) is 18.2 Å². The van der Waals surface area contributed by atoms with Crippen molar-refractivity contribution in [2.24, 2.45) is 5.84 Å². The van der Waals surface area contributed by atoms with Crippen molar-refractivity contribution in [2.75, 3.05) is 0 Å². The third-order valence-electron chi connectivity index (χ3n) is 2.68. The quantitative estimate of drug-likeness (QED) is 0.473. The molecule has 0 unspecified atom stereocenters. The molecule has 0 aliphatic heterocycles. The summed E-state index contributed by atoms with van der Waals surface area (Å²) >= 11 is 0. The first-order valence-corrected chi connectivity index (χ1v) is 5.40. The Morgan fingerprint density at radius 3 is 2.89 bits per heavy atom. The second-order valence-corrected chi connectivity index (χ2v) is 3.85. The largest absolute Gasteiger partial charge is 0.347 e. The van der Waals surface area contributed by atoms with E-state index in [9.17, 15) is 14.0 Å². The fraction of sp³-hybridized carbons (Fsp3) is 0.167. The molecule has 2 rings (SSSR count). The van der Waals surface area contributed by atoms with Crippen LogP contribution in [0.3, 0.4) is 0 Å². The molecule has 18 heavy (non-hydrogen) atoms. The SMILES string of the molecule is NNC(=O)CCn1ccc(=O)c2cc(F)ccc21. The van der Waals surface area contributed by atoms with Crippen LogP contribution in [0, 0.1) is 5.82 Å². The van der Waals surface area contributed by atoms with E-state index in [1.165, 1.54) is 24.3 Å². The minimum Gasteiger partial charge on any atom is -0.347 e. The number of fused-ring (bicyclic) bond motifs is 1. The van der Waals surface area contributed by atoms with Gasteiger partial charge in [0.25, 0.3) is 0 Å². The normalized spacial score (nSPS) is 10.6. The summed E-state index contributed by atoms with van der Waals surface area (Å²) in [5.74, 6) is 4.22. The lowest BCUT2D eigenvalue weighted by atomic mass is 10.2. The number of carbonyl (C=O) groups is 1. The van der Waals surface area contributed by atoms with Crippen molar-refractivity contribution in [3.63, 3.8) is 0 Å². The van der Waals surface area contributed by atoms with E-state index in [1.54, 1.807) is 10.8 Å². The van der Waals surface area contributed by atoms with E-state index >= 15 is 0 Å². The Labute approximate surface area is 102 Å². The van der Waals surface area contributed by atoms with Crippen LogP contribution < -0.4 is 16.7 Å². The highest BCUT2D eigenvalue weighted by Gasteiger charge is 2.05. The van der Waals surface area contributed by atoms with E-state index in [0.717, 1.165) is 0 Å². The van der Waals surface area contributed by atoms with E-state index in [-0.39, 0.29) is 17.8 Å². The minimum absolute atomic E-state index is 0.186. The van der Waals surface area contributed by atoms with Gasteiger partial charge in [-0.25, -0.2) is 10.2 Å². The van der Waals surface area contributed by atoms with Gasteiger partial charge >= 0.3 is 0 Å². The van der Waals surface area contributed by atoms with Crippen molar-refractivity contribution in [3.05, 3.63) is 46.5 Å². The molecule has 0 bridgehead atoms. The second-order valence-electron chi connectivity index (χ2n) is 3.85. The fourth-order valence-electron chi connectivity index (χ4n) is 1.77. The first-order chi connectivity index (χ1) is 8.61. The third-order valence-corrected chi connectivity index (χ3v) is 2.68. The van der Waals surface area contributed by atoms with Crippen LogP contribution in [-0.4, -0.2) is 10.5 Å². The van der Waals surface area contributed by atoms with Crippen LogP contribution in [-0.2, 0) is 11.3 Å². The predicted molar refractivity (Wildman–Crippen MR) is 65.1 cm³/mol. The van der Waals surface area contributed by atoms with Crippen molar-refractivity contribution < 1.29 is 9.18 Å². The number of carbonyl (C=O) groups excluding carboxylic acids is 1. The molecule has 0 radical (unpaired) electrons. The molecule has 0 saturated carbocycles. The third kappa shape index (κ3) is 2.38. The van der Waals surface area contributed by atoms with E-state index in [1.807, 2.05) is 5.43 Å². The summed E-state index contributed by atoms with van der Waals surface area (Å²) in [5.41, 5.74) is 2.37. The van der Waals surface area contributed by atoms with Gasteiger partial charge in [-0.1, -0.05) is 0 Å². The maximum Gasteiger partial charge on any atom is 0.235 e. The molecular weight excluding hydrogens is 237 g/mol. The van der Waals surface area contributed by atoms with Gasteiger partial charge in [0.1, 0.15) is 5.82 Å². The van der Waals surface area contributed by atoms with Gasteiger partial charge < -0.3 is 4.57 Å². The Kier molecular flexibility index (Phi) is 3.38. The number of aryl methyl sites for hydroxylation is 1. The average Bonchev–Trinajstić information content (AvgIpc) is 2.38. The summed E-state index contributed by atoms with van der Waals surface area (Å²) in [6.07, 6.45) is 1.76. The van der Waals surface area contributed by atoms with Crippen LogP contribution in [0.15, 0.2) is 35.3 Å². The summed E-state index contributed by atoms with van der Waals surface area (Å²) in [7, 11) is 0. The molecule has 3 N–H and O–H groups in total. The van der Waals surface area contributed by atoms with Crippen molar-refractivity contribution in [3.8, 4) is 0 Å². The molecule has 6 heteroatoms. The Balaban J connectivity index is 2.43. The number of halogens is 1. The molecular formula is C12H12FN3O2. The Morgan fingerprint density at radius 1 is 1.39 bits per heavy atom. The summed E-state index contributed by atoms with van der Waals surface area (Å²) in [6, 6.07) is 5.34. The van der Waals surface area contributed by atoms with Crippen LogP contribution in [0.4, 0.5) is 4.39 Å². The number of amides is 1. The Morgan fingerprint density at radius 2 is 2.17 bits per heavy atom. The van der Waals surface area contributed by atoms with Crippen molar-refractivity contribution in [2.45, 2.75) is 13.0 Å². The fourth-order valence-corrected chi connectivity index (χ4v) is 1.77. The van der Waals surface area contributed by atoms with Gasteiger partial charge in [0.15, 0.2) is 5.43 Å². The first-order valence-electron chi connectivity index (χ1n) is 5.40. The maximum atomic E-state index is 13.1. The number of nitrogens with one attached hydrogen (secondary N) is 1. The molecule has 94 valence electrons. The molecule has 0 atom stereocenters. The first kappa shape index (κ1) is 12.3. The summed E-state index contributed by atoms with van der Waals surface area (Å²) < 4.78 is 14.8. The Bertz CT molecular complexity index is 651. The molecule has 0 aliphatic rings. The van der Waals surface area contributed by atoms with Crippen LogP contribution in [0.5, 0.6) is 0 Å². The number of nitrogens with two attached hydrogens (primary N) is 1. The lowest BCUT2D eigenvalue weighted by Crippen LogP contribution is -2.30. The number of hydrogen-bond donors (Lipinski definition) is 2. The molecule has 1 heterocycles. The van der Waals surface area contributed by atoms with E-state index in [4.69, 9.17) is 5.84 Å². The summed E-state index contributed by atoms with van der Waals surface area (Å²) in [4.78, 5) is 22.7. The van der Waals surface area contributed by atoms with Crippen LogP contribution in [0.25, 0.3) is 10.9 Å². The molecule has 2 aromatic rings. The average molecular weight is 249 g/mol. The number of hydrazine groups is 1. The van der Waals surface area contributed by atoms with Gasteiger partial charge in [-0.3, -0.25) is 15.0 Å². The van der Waals surface area contributed by atoms with Gasteiger partial charge in [0, 0.05) is 30.6 Å². The molecule has 0 aliphatic carbocycles. The topological polar surface area (TPSA) is 77.1 Å². The highest BCUT2D eigenvalue weighted by Crippen LogP contribution is 2.12.